The number of amides is 2. The van der Waals surface area contributed by atoms with Gasteiger partial charge in [-0.15, -0.1) is 0 Å². The molecule has 1 heterocycles. The van der Waals surface area contributed by atoms with Crippen molar-refractivity contribution in [3.05, 3.63) is 47.7 Å². The number of aryl methyl sites for hydroxylation is 1. The lowest BCUT2D eigenvalue weighted by Gasteiger charge is -2.11. The lowest BCUT2D eigenvalue weighted by Crippen LogP contribution is -2.28. The molecule has 1 aromatic carbocycles. The second-order valence-electron chi connectivity index (χ2n) is 6.16. The van der Waals surface area contributed by atoms with Gasteiger partial charge in [0.2, 0.25) is 5.91 Å². The first kappa shape index (κ1) is 17.7. The van der Waals surface area contributed by atoms with Gasteiger partial charge in [-0.3, -0.25) is 9.59 Å². The van der Waals surface area contributed by atoms with Gasteiger partial charge in [0, 0.05) is 31.1 Å². The third-order valence-corrected chi connectivity index (χ3v) is 3.55. The molecule has 0 saturated carbocycles. The Labute approximate surface area is 142 Å². The molecule has 0 aliphatic carbocycles. The van der Waals surface area contributed by atoms with E-state index in [4.69, 9.17) is 0 Å². The maximum atomic E-state index is 12.1. The van der Waals surface area contributed by atoms with Gasteiger partial charge in [-0.05, 0) is 24.5 Å². The highest BCUT2D eigenvalue weighted by Gasteiger charge is 2.11. The third-order valence-electron chi connectivity index (χ3n) is 3.55. The molecule has 2 aromatic rings. The molecule has 6 nitrogen and oxygen atoms in total. The molecule has 128 valence electrons. The van der Waals surface area contributed by atoms with Crippen molar-refractivity contribution in [2.45, 2.75) is 33.7 Å². The molecule has 24 heavy (non-hydrogen) atoms. The molecule has 0 saturated heterocycles. The fraction of sp³-hybridized carbons (Fsp3) is 0.389. The summed E-state index contributed by atoms with van der Waals surface area (Å²) in [6.45, 7) is 7.10. The normalized spacial score (nSPS) is 10.7. The van der Waals surface area contributed by atoms with Gasteiger partial charge >= 0.3 is 0 Å². The van der Waals surface area contributed by atoms with E-state index in [-0.39, 0.29) is 24.8 Å². The van der Waals surface area contributed by atoms with Crippen molar-refractivity contribution in [3.8, 4) is 0 Å². The van der Waals surface area contributed by atoms with Gasteiger partial charge in [0.05, 0.1) is 6.20 Å². The van der Waals surface area contributed by atoms with Crippen molar-refractivity contribution >= 4 is 17.6 Å². The fourth-order valence-electron chi connectivity index (χ4n) is 2.35. The van der Waals surface area contributed by atoms with Crippen molar-refractivity contribution in [2.75, 3.05) is 11.9 Å². The van der Waals surface area contributed by atoms with E-state index in [1.165, 1.54) is 0 Å². The Morgan fingerprint density at radius 3 is 2.67 bits per heavy atom. The van der Waals surface area contributed by atoms with E-state index in [1.807, 2.05) is 25.1 Å². The van der Waals surface area contributed by atoms with Gasteiger partial charge in [-0.1, -0.05) is 32.0 Å². The van der Waals surface area contributed by atoms with Crippen molar-refractivity contribution in [1.29, 1.82) is 0 Å². The summed E-state index contributed by atoms with van der Waals surface area (Å²) in [7, 11) is 0. The highest BCUT2D eigenvalue weighted by atomic mass is 16.2. The predicted octanol–water partition coefficient (Wildman–Crippen LogP) is 2.61. The molecule has 0 atom stereocenters. The largest absolute Gasteiger partial charge is 0.352 e. The van der Waals surface area contributed by atoms with Crippen LogP contribution >= 0.6 is 0 Å². The van der Waals surface area contributed by atoms with Crippen LogP contribution in [-0.4, -0.2) is 28.1 Å². The standard InChI is InChI=1S/C18H24N4O2/c1-13(2)12-22-16(8-11-20-22)21-17(23)9-10-19-18(24)15-7-5-4-6-14(15)3/h4-8,11,13H,9-10,12H2,1-3H3,(H,19,24)(H,21,23). The molecule has 6 heteroatoms. The summed E-state index contributed by atoms with van der Waals surface area (Å²) in [5, 5.41) is 9.81. The minimum atomic E-state index is -0.161. The zero-order chi connectivity index (χ0) is 17.5. The number of carbonyl (C=O) groups excluding carboxylic acids is 2. The van der Waals surface area contributed by atoms with Crippen molar-refractivity contribution in [1.82, 2.24) is 15.1 Å². The van der Waals surface area contributed by atoms with Crippen LogP contribution in [0.25, 0.3) is 0 Å². The molecule has 1 aromatic heterocycles. The monoisotopic (exact) mass is 328 g/mol. The van der Waals surface area contributed by atoms with Gasteiger partial charge in [0.1, 0.15) is 5.82 Å². The first-order valence-electron chi connectivity index (χ1n) is 8.13. The Hall–Kier alpha value is -2.63. The summed E-state index contributed by atoms with van der Waals surface area (Å²) in [6, 6.07) is 9.14. The maximum absolute atomic E-state index is 12.1. The van der Waals surface area contributed by atoms with E-state index in [0.717, 1.165) is 12.1 Å². The van der Waals surface area contributed by atoms with Crippen LogP contribution in [0.5, 0.6) is 0 Å². The number of hydrogen-bond donors (Lipinski definition) is 2. The molecule has 2 amide bonds. The van der Waals surface area contributed by atoms with Crippen molar-refractivity contribution in [3.63, 3.8) is 0 Å². The smallest absolute Gasteiger partial charge is 0.251 e. The topological polar surface area (TPSA) is 76.0 Å². The molecule has 0 spiro atoms. The van der Waals surface area contributed by atoms with Gasteiger partial charge in [0.25, 0.3) is 5.91 Å². The molecular formula is C18H24N4O2. The number of hydrogen-bond acceptors (Lipinski definition) is 3. The Morgan fingerprint density at radius 1 is 1.21 bits per heavy atom. The quantitative estimate of drug-likeness (QED) is 0.820. The van der Waals surface area contributed by atoms with E-state index in [2.05, 4.69) is 29.6 Å². The van der Waals surface area contributed by atoms with E-state index in [9.17, 15) is 9.59 Å². The molecule has 0 fully saturated rings. The SMILES string of the molecule is Cc1ccccc1C(=O)NCCC(=O)Nc1ccnn1CC(C)C. The second kappa shape index (κ2) is 8.29. The molecule has 2 N–H and O–H groups in total. The van der Waals surface area contributed by atoms with Crippen LogP contribution in [-0.2, 0) is 11.3 Å². The number of anilines is 1. The molecule has 0 aliphatic rings. The Kier molecular flexibility index (Phi) is 6.12. The van der Waals surface area contributed by atoms with Crippen LogP contribution < -0.4 is 10.6 Å². The van der Waals surface area contributed by atoms with Gasteiger partial charge in [-0.2, -0.15) is 5.10 Å². The molecular weight excluding hydrogens is 304 g/mol. The minimum Gasteiger partial charge on any atom is -0.352 e. The molecule has 0 unspecified atom stereocenters. The first-order valence-corrected chi connectivity index (χ1v) is 8.13. The molecule has 0 radical (unpaired) electrons. The fourth-order valence-corrected chi connectivity index (χ4v) is 2.35. The van der Waals surface area contributed by atoms with E-state index in [0.29, 0.717) is 17.3 Å². The Balaban J connectivity index is 1.81. The number of rotatable bonds is 7. The number of aromatic nitrogens is 2. The van der Waals surface area contributed by atoms with Crippen LogP contribution in [0.15, 0.2) is 36.5 Å². The first-order chi connectivity index (χ1) is 11.5. The Morgan fingerprint density at radius 2 is 1.96 bits per heavy atom. The number of nitrogens with one attached hydrogen (secondary N) is 2. The van der Waals surface area contributed by atoms with E-state index >= 15 is 0 Å². The zero-order valence-electron chi connectivity index (χ0n) is 14.4. The van der Waals surface area contributed by atoms with Crippen LogP contribution in [0, 0.1) is 12.8 Å². The average molecular weight is 328 g/mol. The van der Waals surface area contributed by atoms with Crippen LogP contribution in [0.3, 0.4) is 0 Å². The van der Waals surface area contributed by atoms with Crippen LogP contribution in [0.2, 0.25) is 0 Å². The van der Waals surface area contributed by atoms with Crippen LogP contribution in [0.1, 0.15) is 36.2 Å². The number of nitrogens with zero attached hydrogens (tertiary/aromatic N) is 2. The van der Waals surface area contributed by atoms with Gasteiger partial charge in [-0.25, -0.2) is 4.68 Å². The zero-order valence-corrected chi connectivity index (χ0v) is 14.4. The predicted molar refractivity (Wildman–Crippen MR) is 93.8 cm³/mol. The Bertz CT molecular complexity index is 707. The molecule has 2 rings (SSSR count). The molecule has 0 bridgehead atoms. The lowest BCUT2D eigenvalue weighted by molar-refractivity contribution is -0.116. The minimum absolute atomic E-state index is 0.148. The van der Waals surface area contributed by atoms with Gasteiger partial charge < -0.3 is 10.6 Å². The lowest BCUT2D eigenvalue weighted by atomic mass is 10.1. The number of benzene rings is 1. The van der Waals surface area contributed by atoms with E-state index in [1.54, 1.807) is 23.0 Å². The summed E-state index contributed by atoms with van der Waals surface area (Å²) in [5.74, 6) is 0.809. The highest BCUT2D eigenvalue weighted by Crippen LogP contribution is 2.10. The summed E-state index contributed by atoms with van der Waals surface area (Å²) in [6.07, 6.45) is 1.88. The summed E-state index contributed by atoms with van der Waals surface area (Å²) < 4.78 is 1.77. The van der Waals surface area contributed by atoms with Crippen LogP contribution in [0.4, 0.5) is 5.82 Å². The second-order valence-corrected chi connectivity index (χ2v) is 6.16. The summed E-state index contributed by atoms with van der Waals surface area (Å²) in [4.78, 5) is 24.1. The summed E-state index contributed by atoms with van der Waals surface area (Å²) in [5.41, 5.74) is 1.55. The van der Waals surface area contributed by atoms with Crippen molar-refractivity contribution < 1.29 is 9.59 Å². The van der Waals surface area contributed by atoms with Gasteiger partial charge in [0.15, 0.2) is 0 Å². The van der Waals surface area contributed by atoms with Crippen molar-refractivity contribution in [2.24, 2.45) is 5.92 Å². The maximum Gasteiger partial charge on any atom is 0.251 e. The number of carbonyl (C=O) groups is 2. The third kappa shape index (κ3) is 4.94. The highest BCUT2D eigenvalue weighted by molar-refractivity contribution is 5.96. The average Bonchev–Trinajstić information content (AvgIpc) is 2.93. The van der Waals surface area contributed by atoms with E-state index < -0.39 is 0 Å². The molecule has 0 aliphatic heterocycles. The summed E-state index contributed by atoms with van der Waals surface area (Å²) >= 11 is 0.